The number of hydrogen-bond donors (Lipinski definition) is 3. The maximum Gasteiger partial charge on any atom is 0.354 e. The third-order valence-electron chi connectivity index (χ3n) is 3.10. The van der Waals surface area contributed by atoms with Gasteiger partial charge in [-0.2, -0.15) is 0 Å². The Balaban J connectivity index is 2.20. The number of pyridine rings is 1. The maximum absolute atomic E-state index is 13.6. The van der Waals surface area contributed by atoms with Gasteiger partial charge in [-0.15, -0.1) is 0 Å². The van der Waals surface area contributed by atoms with Gasteiger partial charge in [0.15, 0.2) is 5.69 Å². The Morgan fingerprint density at radius 1 is 1.33 bits per heavy atom. The van der Waals surface area contributed by atoms with Crippen LogP contribution in [-0.2, 0) is 6.54 Å². The SMILES string of the molecule is Cc1cc(CNc2nc(C(=O)O)ccc2N)cc(C)c1F. The Morgan fingerprint density at radius 3 is 2.52 bits per heavy atom. The third-order valence-corrected chi connectivity index (χ3v) is 3.10. The van der Waals surface area contributed by atoms with Crippen molar-refractivity contribution in [3.63, 3.8) is 0 Å². The van der Waals surface area contributed by atoms with E-state index in [9.17, 15) is 9.18 Å². The zero-order valence-electron chi connectivity index (χ0n) is 11.8. The summed E-state index contributed by atoms with van der Waals surface area (Å²) in [5.74, 6) is -1.04. The van der Waals surface area contributed by atoms with Crippen LogP contribution in [0.2, 0.25) is 0 Å². The second-order valence-electron chi connectivity index (χ2n) is 4.84. The number of anilines is 2. The fraction of sp³-hybridized carbons (Fsp3) is 0.200. The molecule has 21 heavy (non-hydrogen) atoms. The van der Waals surface area contributed by atoms with Crippen LogP contribution in [0.3, 0.4) is 0 Å². The van der Waals surface area contributed by atoms with Gasteiger partial charge < -0.3 is 16.2 Å². The van der Waals surface area contributed by atoms with Gasteiger partial charge in [-0.1, -0.05) is 12.1 Å². The fourth-order valence-electron chi connectivity index (χ4n) is 2.05. The molecule has 0 bridgehead atoms. The first-order chi connectivity index (χ1) is 9.88. The lowest BCUT2D eigenvalue weighted by Gasteiger charge is -2.11. The van der Waals surface area contributed by atoms with Crippen molar-refractivity contribution in [1.82, 2.24) is 4.98 Å². The molecule has 1 heterocycles. The van der Waals surface area contributed by atoms with E-state index in [0.29, 0.717) is 29.2 Å². The van der Waals surface area contributed by atoms with Crippen LogP contribution in [0.25, 0.3) is 0 Å². The van der Waals surface area contributed by atoms with Crippen LogP contribution in [0.4, 0.5) is 15.9 Å². The van der Waals surface area contributed by atoms with E-state index in [1.807, 2.05) is 0 Å². The van der Waals surface area contributed by atoms with Gasteiger partial charge in [0.2, 0.25) is 0 Å². The molecule has 0 aliphatic heterocycles. The predicted molar refractivity (Wildman–Crippen MR) is 78.8 cm³/mol. The summed E-state index contributed by atoms with van der Waals surface area (Å²) in [6, 6.07) is 6.29. The van der Waals surface area contributed by atoms with Crippen molar-refractivity contribution in [2.24, 2.45) is 0 Å². The highest BCUT2D eigenvalue weighted by Crippen LogP contribution is 2.19. The molecule has 2 aromatic rings. The fourth-order valence-corrected chi connectivity index (χ4v) is 2.05. The van der Waals surface area contributed by atoms with E-state index in [1.54, 1.807) is 26.0 Å². The van der Waals surface area contributed by atoms with Crippen LogP contribution in [0.5, 0.6) is 0 Å². The summed E-state index contributed by atoms with van der Waals surface area (Å²) in [4.78, 5) is 14.8. The second-order valence-corrected chi connectivity index (χ2v) is 4.84. The van der Waals surface area contributed by atoms with Crippen LogP contribution in [0, 0.1) is 19.7 Å². The molecule has 0 saturated carbocycles. The molecule has 0 aliphatic carbocycles. The second kappa shape index (κ2) is 5.78. The predicted octanol–water partition coefficient (Wildman–Crippen LogP) is 2.73. The molecular weight excluding hydrogens is 273 g/mol. The average molecular weight is 289 g/mol. The van der Waals surface area contributed by atoms with Crippen molar-refractivity contribution >= 4 is 17.5 Å². The van der Waals surface area contributed by atoms with Gasteiger partial charge in [0.25, 0.3) is 0 Å². The number of nitrogens with zero attached hydrogens (tertiary/aromatic N) is 1. The lowest BCUT2D eigenvalue weighted by Crippen LogP contribution is -2.09. The standard InChI is InChI=1S/C15H16FN3O2/c1-8-5-10(6-9(2)13(8)16)7-18-14-11(17)3-4-12(19-14)15(20)21/h3-6H,7,17H2,1-2H3,(H,18,19)(H,20,21). The van der Waals surface area contributed by atoms with E-state index in [2.05, 4.69) is 10.3 Å². The Bertz CT molecular complexity index is 678. The molecule has 0 spiro atoms. The zero-order valence-corrected chi connectivity index (χ0v) is 11.8. The topological polar surface area (TPSA) is 88.2 Å². The van der Waals surface area contributed by atoms with Gasteiger partial charge in [0.05, 0.1) is 5.69 Å². The molecule has 0 radical (unpaired) electrons. The minimum Gasteiger partial charge on any atom is -0.477 e. The minimum absolute atomic E-state index is 0.0850. The van der Waals surface area contributed by atoms with E-state index in [-0.39, 0.29) is 11.5 Å². The van der Waals surface area contributed by atoms with Gasteiger partial charge in [-0.3, -0.25) is 0 Å². The van der Waals surface area contributed by atoms with Gasteiger partial charge in [-0.05, 0) is 42.7 Å². The molecule has 0 atom stereocenters. The number of benzene rings is 1. The lowest BCUT2D eigenvalue weighted by molar-refractivity contribution is 0.0690. The minimum atomic E-state index is -1.12. The van der Waals surface area contributed by atoms with Crippen molar-refractivity contribution in [3.05, 3.63) is 52.5 Å². The molecule has 0 amide bonds. The quantitative estimate of drug-likeness (QED) is 0.805. The Morgan fingerprint density at radius 2 is 1.95 bits per heavy atom. The Labute approximate surface area is 121 Å². The van der Waals surface area contributed by atoms with Crippen LogP contribution in [-0.4, -0.2) is 16.1 Å². The van der Waals surface area contributed by atoms with Gasteiger partial charge >= 0.3 is 5.97 Å². The number of aromatic nitrogens is 1. The van der Waals surface area contributed by atoms with Gasteiger partial charge in [0, 0.05) is 6.54 Å². The molecule has 0 fully saturated rings. The number of nitrogen functional groups attached to an aromatic ring is 1. The number of aryl methyl sites for hydroxylation is 2. The monoisotopic (exact) mass is 289 g/mol. The number of nitrogens with one attached hydrogen (secondary N) is 1. The maximum atomic E-state index is 13.6. The third kappa shape index (κ3) is 3.28. The summed E-state index contributed by atoms with van der Waals surface area (Å²) in [6.07, 6.45) is 0. The zero-order chi connectivity index (χ0) is 15.6. The van der Waals surface area contributed by atoms with Crippen molar-refractivity contribution < 1.29 is 14.3 Å². The number of rotatable bonds is 4. The molecule has 1 aromatic heterocycles. The van der Waals surface area contributed by atoms with E-state index in [1.165, 1.54) is 12.1 Å². The summed E-state index contributed by atoms with van der Waals surface area (Å²) in [7, 11) is 0. The number of nitrogens with two attached hydrogens (primary N) is 1. The van der Waals surface area contributed by atoms with E-state index < -0.39 is 5.97 Å². The van der Waals surface area contributed by atoms with Gasteiger partial charge in [0.1, 0.15) is 11.6 Å². The summed E-state index contributed by atoms with van der Waals surface area (Å²) in [5, 5.41) is 11.9. The van der Waals surface area contributed by atoms with Crippen LogP contribution >= 0.6 is 0 Å². The Hall–Kier alpha value is -2.63. The van der Waals surface area contributed by atoms with E-state index in [0.717, 1.165) is 5.56 Å². The highest BCUT2D eigenvalue weighted by Gasteiger charge is 2.09. The van der Waals surface area contributed by atoms with E-state index >= 15 is 0 Å². The summed E-state index contributed by atoms with van der Waals surface area (Å²) in [5.41, 5.74) is 8.02. The van der Waals surface area contributed by atoms with Crippen molar-refractivity contribution in [2.45, 2.75) is 20.4 Å². The highest BCUT2D eigenvalue weighted by molar-refractivity contribution is 5.86. The van der Waals surface area contributed by atoms with E-state index in [4.69, 9.17) is 10.8 Å². The average Bonchev–Trinajstić information content (AvgIpc) is 2.43. The van der Waals surface area contributed by atoms with Crippen LogP contribution in [0.15, 0.2) is 24.3 Å². The number of aromatic carboxylic acids is 1. The van der Waals surface area contributed by atoms with Crippen LogP contribution < -0.4 is 11.1 Å². The molecule has 5 nitrogen and oxygen atoms in total. The molecule has 0 unspecified atom stereocenters. The molecular formula is C15H16FN3O2. The number of carboxylic acids is 1. The first kappa shape index (κ1) is 14.8. The first-order valence-corrected chi connectivity index (χ1v) is 6.38. The van der Waals surface area contributed by atoms with Crippen molar-refractivity contribution in [1.29, 1.82) is 0 Å². The summed E-state index contributed by atoms with van der Waals surface area (Å²) < 4.78 is 13.6. The van der Waals surface area contributed by atoms with Gasteiger partial charge in [-0.25, -0.2) is 14.2 Å². The Kier molecular flexibility index (Phi) is 4.07. The molecule has 0 saturated heterocycles. The number of carboxylic acid groups (broad SMARTS) is 1. The lowest BCUT2D eigenvalue weighted by atomic mass is 10.1. The number of hydrogen-bond acceptors (Lipinski definition) is 4. The first-order valence-electron chi connectivity index (χ1n) is 6.38. The van der Waals surface area contributed by atoms with Crippen molar-refractivity contribution in [3.8, 4) is 0 Å². The number of halogens is 1. The molecule has 6 heteroatoms. The van der Waals surface area contributed by atoms with Crippen LogP contribution in [0.1, 0.15) is 27.2 Å². The normalized spacial score (nSPS) is 10.4. The molecule has 1 aromatic carbocycles. The molecule has 4 N–H and O–H groups in total. The van der Waals surface area contributed by atoms with Crippen molar-refractivity contribution in [2.75, 3.05) is 11.1 Å². The largest absolute Gasteiger partial charge is 0.477 e. The highest BCUT2D eigenvalue weighted by atomic mass is 19.1. The smallest absolute Gasteiger partial charge is 0.354 e. The number of carbonyl (C=O) groups is 1. The molecule has 2 rings (SSSR count). The molecule has 0 aliphatic rings. The summed E-state index contributed by atoms with van der Waals surface area (Å²) >= 11 is 0. The molecule has 110 valence electrons. The summed E-state index contributed by atoms with van der Waals surface area (Å²) in [6.45, 7) is 3.77.